The second-order valence-corrected chi connectivity index (χ2v) is 5.60. The van der Waals surface area contributed by atoms with Crippen molar-refractivity contribution >= 4 is 27.1 Å². The Bertz CT molecular complexity index is 713. The van der Waals surface area contributed by atoms with Crippen LogP contribution >= 0.6 is 15.9 Å². The molecule has 19 heavy (non-hydrogen) atoms. The Hall–Kier alpha value is -1.41. The number of alkyl halides is 1. The van der Waals surface area contributed by atoms with Crippen molar-refractivity contribution in [3.8, 4) is 0 Å². The number of fused-ring (bicyclic) bond motifs is 1. The van der Waals surface area contributed by atoms with Gasteiger partial charge < -0.3 is 9.67 Å². The van der Waals surface area contributed by atoms with Gasteiger partial charge in [0.05, 0.1) is 11.3 Å². The predicted octanol–water partition coefficient (Wildman–Crippen LogP) is 0.192. The van der Waals surface area contributed by atoms with Crippen molar-refractivity contribution < 1.29 is 5.11 Å². The Balaban J connectivity index is 2.81. The molecule has 1 N–H and O–H groups in total. The Kier molecular flexibility index (Phi) is 3.91. The molecule has 0 saturated heterocycles. The normalized spacial score (nSPS) is 13.1. The van der Waals surface area contributed by atoms with Gasteiger partial charge in [-0.05, 0) is 13.3 Å². The molecule has 0 aromatic carbocycles. The molecule has 2 aromatic heterocycles. The topological polar surface area (TPSA) is 82.1 Å². The van der Waals surface area contributed by atoms with Crippen molar-refractivity contribution in [1.29, 1.82) is 0 Å². The van der Waals surface area contributed by atoms with Crippen molar-refractivity contribution in [3.05, 3.63) is 27.2 Å². The van der Waals surface area contributed by atoms with Gasteiger partial charge in [0, 0.05) is 20.2 Å². The highest BCUT2D eigenvalue weighted by molar-refractivity contribution is 9.09. The van der Waals surface area contributed by atoms with Crippen LogP contribution in [0, 0.1) is 0 Å². The van der Waals surface area contributed by atoms with Crippen LogP contribution in [0.4, 0.5) is 0 Å². The van der Waals surface area contributed by atoms with E-state index < -0.39 is 5.69 Å². The number of halogens is 1. The van der Waals surface area contributed by atoms with Gasteiger partial charge in [-0.25, -0.2) is 9.78 Å². The molecule has 0 spiro atoms. The minimum Gasteiger partial charge on any atom is -0.396 e. The quantitative estimate of drug-likeness (QED) is 0.811. The first-order chi connectivity index (χ1) is 8.99. The summed E-state index contributed by atoms with van der Waals surface area (Å²) in [6.07, 6.45) is 1.89. The lowest BCUT2D eigenvalue weighted by atomic mass is 10.4. The summed E-state index contributed by atoms with van der Waals surface area (Å²) in [6.45, 7) is 1.99. The van der Waals surface area contributed by atoms with Crippen molar-refractivity contribution in [2.24, 2.45) is 7.05 Å². The van der Waals surface area contributed by atoms with E-state index in [9.17, 15) is 9.59 Å². The average molecular weight is 331 g/mol. The largest absolute Gasteiger partial charge is 0.396 e. The number of hydrogen-bond donors (Lipinski definition) is 1. The third-order valence-corrected chi connectivity index (χ3v) is 3.42. The average Bonchev–Trinajstić information content (AvgIpc) is 2.81. The summed E-state index contributed by atoms with van der Waals surface area (Å²) in [6, 6.07) is 0. The van der Waals surface area contributed by atoms with E-state index in [1.54, 1.807) is 11.6 Å². The molecular weight excluding hydrogens is 316 g/mol. The van der Waals surface area contributed by atoms with Crippen LogP contribution in [0.3, 0.4) is 0 Å². The molecule has 0 aliphatic rings. The molecule has 0 bridgehead atoms. The summed E-state index contributed by atoms with van der Waals surface area (Å²) in [5, 5.41) is 8.85. The molecule has 0 amide bonds. The van der Waals surface area contributed by atoms with E-state index in [0.29, 0.717) is 17.6 Å². The molecule has 7 nitrogen and oxygen atoms in total. The van der Waals surface area contributed by atoms with E-state index in [2.05, 4.69) is 20.9 Å². The molecule has 0 saturated carbocycles. The SMILES string of the molecule is CC(Br)n1cnc2c1c(=O)n(CCCO)c(=O)n2C. The zero-order valence-corrected chi connectivity index (χ0v) is 12.3. The van der Waals surface area contributed by atoms with Crippen LogP contribution in [0.25, 0.3) is 11.2 Å². The second kappa shape index (κ2) is 5.30. The maximum absolute atomic E-state index is 12.4. The predicted molar refractivity (Wildman–Crippen MR) is 74.6 cm³/mol. The van der Waals surface area contributed by atoms with Crippen molar-refractivity contribution in [1.82, 2.24) is 18.7 Å². The summed E-state index contributed by atoms with van der Waals surface area (Å²) in [5.74, 6) is 0. The summed E-state index contributed by atoms with van der Waals surface area (Å²) in [4.78, 5) is 28.5. The molecule has 2 heterocycles. The first kappa shape index (κ1) is 14.0. The Morgan fingerprint density at radius 3 is 2.74 bits per heavy atom. The zero-order chi connectivity index (χ0) is 14.2. The molecule has 8 heteroatoms. The fourth-order valence-corrected chi connectivity index (χ4v) is 2.30. The molecule has 0 aliphatic heterocycles. The lowest BCUT2D eigenvalue weighted by Gasteiger charge is -2.10. The maximum atomic E-state index is 12.4. The third kappa shape index (κ3) is 2.25. The van der Waals surface area contributed by atoms with Gasteiger partial charge in [-0.3, -0.25) is 13.9 Å². The lowest BCUT2D eigenvalue weighted by Crippen LogP contribution is -2.39. The highest BCUT2D eigenvalue weighted by atomic mass is 79.9. The van der Waals surface area contributed by atoms with Gasteiger partial charge in [0.25, 0.3) is 5.56 Å². The monoisotopic (exact) mass is 330 g/mol. The van der Waals surface area contributed by atoms with Gasteiger partial charge in [0.1, 0.15) is 0 Å². The number of nitrogens with zero attached hydrogens (tertiary/aromatic N) is 4. The highest BCUT2D eigenvalue weighted by Gasteiger charge is 2.17. The van der Waals surface area contributed by atoms with Crippen LogP contribution < -0.4 is 11.2 Å². The molecule has 0 radical (unpaired) electrons. The fourth-order valence-electron chi connectivity index (χ4n) is 1.98. The standard InChI is InChI=1S/C11H15BrN4O3/c1-7(12)16-6-13-9-8(16)10(18)15(4-3-5-17)11(19)14(9)2/h6-7,17H,3-5H2,1-2H3. The van der Waals surface area contributed by atoms with Crippen LogP contribution in [0.2, 0.25) is 0 Å². The van der Waals surface area contributed by atoms with Crippen LogP contribution in [-0.4, -0.2) is 30.4 Å². The molecule has 1 atom stereocenters. The van der Waals surface area contributed by atoms with E-state index >= 15 is 0 Å². The number of hydrogen-bond acceptors (Lipinski definition) is 4. The summed E-state index contributed by atoms with van der Waals surface area (Å²) in [7, 11) is 1.58. The lowest BCUT2D eigenvalue weighted by molar-refractivity contribution is 0.277. The van der Waals surface area contributed by atoms with Gasteiger partial charge in [-0.2, -0.15) is 0 Å². The third-order valence-electron chi connectivity index (χ3n) is 2.98. The Morgan fingerprint density at radius 2 is 2.16 bits per heavy atom. The van der Waals surface area contributed by atoms with E-state index in [-0.39, 0.29) is 23.7 Å². The van der Waals surface area contributed by atoms with Crippen molar-refractivity contribution in [3.63, 3.8) is 0 Å². The first-order valence-electron chi connectivity index (χ1n) is 5.90. The smallest absolute Gasteiger partial charge is 0.332 e. The van der Waals surface area contributed by atoms with E-state index in [1.165, 1.54) is 10.9 Å². The van der Waals surface area contributed by atoms with Crippen LogP contribution in [0.1, 0.15) is 18.3 Å². The molecule has 104 valence electrons. The van der Waals surface area contributed by atoms with Crippen LogP contribution in [-0.2, 0) is 13.6 Å². The van der Waals surface area contributed by atoms with Crippen LogP contribution in [0.5, 0.6) is 0 Å². The fraction of sp³-hybridized carbons (Fsp3) is 0.545. The number of aryl methyl sites for hydroxylation is 1. The van der Waals surface area contributed by atoms with Crippen molar-refractivity contribution in [2.45, 2.75) is 24.8 Å². The Labute approximate surface area is 117 Å². The number of aromatic nitrogens is 4. The van der Waals surface area contributed by atoms with E-state index in [0.717, 1.165) is 4.57 Å². The molecule has 2 rings (SSSR count). The minimum absolute atomic E-state index is 0.0677. The minimum atomic E-state index is -0.418. The highest BCUT2D eigenvalue weighted by Crippen LogP contribution is 2.17. The molecule has 1 unspecified atom stereocenters. The van der Waals surface area contributed by atoms with Gasteiger partial charge >= 0.3 is 5.69 Å². The van der Waals surface area contributed by atoms with Gasteiger partial charge in [0.2, 0.25) is 0 Å². The van der Waals surface area contributed by atoms with Gasteiger partial charge in [-0.15, -0.1) is 0 Å². The summed E-state index contributed by atoms with van der Waals surface area (Å²) >= 11 is 3.38. The van der Waals surface area contributed by atoms with E-state index in [4.69, 9.17) is 5.11 Å². The second-order valence-electron chi connectivity index (χ2n) is 4.27. The molecular formula is C11H15BrN4O3. The Morgan fingerprint density at radius 1 is 1.47 bits per heavy atom. The maximum Gasteiger partial charge on any atom is 0.332 e. The zero-order valence-electron chi connectivity index (χ0n) is 10.7. The number of aliphatic hydroxyl groups is 1. The van der Waals surface area contributed by atoms with Crippen molar-refractivity contribution in [2.75, 3.05) is 6.61 Å². The van der Waals surface area contributed by atoms with Gasteiger partial charge in [-0.1, -0.05) is 15.9 Å². The number of rotatable bonds is 4. The number of aliphatic hydroxyl groups excluding tert-OH is 1. The first-order valence-corrected chi connectivity index (χ1v) is 6.82. The molecule has 0 aliphatic carbocycles. The summed E-state index contributed by atoms with van der Waals surface area (Å²) < 4.78 is 4.15. The molecule has 0 fully saturated rings. The molecule has 2 aromatic rings. The number of imidazole rings is 1. The summed E-state index contributed by atoms with van der Waals surface area (Å²) in [5.41, 5.74) is -0.0558. The van der Waals surface area contributed by atoms with Gasteiger partial charge in [0.15, 0.2) is 11.2 Å². The van der Waals surface area contributed by atoms with Crippen LogP contribution in [0.15, 0.2) is 15.9 Å². The van der Waals surface area contributed by atoms with E-state index in [1.807, 2.05) is 6.92 Å².